The molecule has 0 amide bonds. The zero-order chi connectivity index (χ0) is 9.14. The normalized spacial score (nSPS) is 13.8. The quantitative estimate of drug-likeness (QED) is 0.744. The molecule has 0 fully saturated rings. The monoisotopic (exact) mass is 168 g/mol. The molecule has 68 valence electrons. The number of aliphatic hydroxyl groups is 1. The maximum atomic E-state index is 9.20. The third kappa shape index (κ3) is 2.34. The average molecular weight is 168 g/mol. The van der Waals surface area contributed by atoms with Gasteiger partial charge in [-0.3, -0.25) is 4.68 Å². The number of rotatable bonds is 3. The molecule has 1 aromatic rings. The van der Waals surface area contributed by atoms with E-state index in [1.54, 1.807) is 6.92 Å². The summed E-state index contributed by atoms with van der Waals surface area (Å²) in [6.07, 6.45) is 1.45. The summed E-state index contributed by atoms with van der Waals surface area (Å²) in [5.41, 5.74) is 0.746. The number of aliphatic hydroxyl groups excluding tert-OH is 1. The lowest BCUT2D eigenvalue weighted by molar-refractivity contribution is 0.193. The molecule has 1 aromatic heterocycles. The van der Waals surface area contributed by atoms with Gasteiger partial charge in [0.15, 0.2) is 0 Å². The molecule has 12 heavy (non-hydrogen) atoms. The van der Waals surface area contributed by atoms with Crippen molar-refractivity contribution >= 4 is 0 Å². The van der Waals surface area contributed by atoms with E-state index in [1.165, 1.54) is 0 Å². The van der Waals surface area contributed by atoms with Gasteiger partial charge in [-0.2, -0.15) is 5.10 Å². The summed E-state index contributed by atoms with van der Waals surface area (Å²) in [5.74, 6) is 0.590. The van der Waals surface area contributed by atoms with E-state index in [0.717, 1.165) is 12.2 Å². The number of hydrogen-bond acceptors (Lipinski definition) is 2. The maximum Gasteiger partial charge on any atom is 0.0950 e. The molecule has 0 unspecified atom stereocenters. The summed E-state index contributed by atoms with van der Waals surface area (Å²) >= 11 is 0. The summed E-state index contributed by atoms with van der Waals surface area (Å²) in [6, 6.07) is 1.85. The molecule has 0 saturated carbocycles. The van der Waals surface area contributed by atoms with Crippen LogP contribution in [0, 0.1) is 5.92 Å². The Balaban J connectivity index is 2.64. The molecular weight excluding hydrogens is 152 g/mol. The summed E-state index contributed by atoms with van der Waals surface area (Å²) in [7, 11) is 0. The molecule has 1 rings (SSSR count). The zero-order valence-electron chi connectivity index (χ0n) is 7.86. The second-order valence-electron chi connectivity index (χ2n) is 3.53. The third-order valence-corrected chi connectivity index (χ3v) is 1.64. The first-order valence-corrected chi connectivity index (χ1v) is 4.31. The second kappa shape index (κ2) is 3.72. The summed E-state index contributed by atoms with van der Waals surface area (Å²) in [4.78, 5) is 0. The highest BCUT2D eigenvalue weighted by molar-refractivity contribution is 5.01. The van der Waals surface area contributed by atoms with Gasteiger partial charge in [-0.15, -0.1) is 0 Å². The molecule has 3 nitrogen and oxygen atoms in total. The van der Waals surface area contributed by atoms with Crippen molar-refractivity contribution in [1.29, 1.82) is 0 Å². The van der Waals surface area contributed by atoms with E-state index in [9.17, 15) is 5.11 Å². The van der Waals surface area contributed by atoms with E-state index < -0.39 is 6.10 Å². The van der Waals surface area contributed by atoms with Crippen LogP contribution >= 0.6 is 0 Å². The summed E-state index contributed by atoms with van der Waals surface area (Å²) in [5, 5.41) is 13.4. The van der Waals surface area contributed by atoms with E-state index in [1.807, 2.05) is 16.9 Å². The first-order chi connectivity index (χ1) is 5.59. The lowest BCUT2D eigenvalue weighted by Crippen LogP contribution is -2.05. The van der Waals surface area contributed by atoms with E-state index in [2.05, 4.69) is 18.9 Å². The standard InChI is InChI=1S/C9H16N2O/c1-7(2)6-11-5-4-9(10-11)8(3)12/h4-5,7-8,12H,6H2,1-3H3/t8-/m1/s1. The van der Waals surface area contributed by atoms with Crippen LogP contribution in [-0.4, -0.2) is 14.9 Å². The van der Waals surface area contributed by atoms with Crippen molar-refractivity contribution in [1.82, 2.24) is 9.78 Å². The fourth-order valence-electron chi connectivity index (χ4n) is 1.08. The molecule has 3 heteroatoms. The Hall–Kier alpha value is -0.830. The molecule has 1 heterocycles. The van der Waals surface area contributed by atoms with Crippen molar-refractivity contribution in [3.05, 3.63) is 18.0 Å². The van der Waals surface area contributed by atoms with Gasteiger partial charge in [0.25, 0.3) is 0 Å². The molecule has 1 atom stereocenters. The van der Waals surface area contributed by atoms with Gasteiger partial charge in [0.2, 0.25) is 0 Å². The Morgan fingerprint density at radius 3 is 2.58 bits per heavy atom. The first kappa shape index (κ1) is 9.26. The van der Waals surface area contributed by atoms with Crippen LogP contribution in [0.25, 0.3) is 0 Å². The molecule has 0 spiro atoms. The zero-order valence-corrected chi connectivity index (χ0v) is 7.86. The predicted molar refractivity (Wildman–Crippen MR) is 47.7 cm³/mol. The Morgan fingerprint density at radius 1 is 1.50 bits per heavy atom. The van der Waals surface area contributed by atoms with Gasteiger partial charge in [0, 0.05) is 12.7 Å². The molecule has 0 aliphatic heterocycles. The summed E-state index contributed by atoms with van der Waals surface area (Å²) in [6.45, 7) is 6.92. The smallest absolute Gasteiger partial charge is 0.0950 e. The molecule has 0 radical (unpaired) electrons. The molecule has 0 saturated heterocycles. The van der Waals surface area contributed by atoms with Crippen LogP contribution in [-0.2, 0) is 6.54 Å². The van der Waals surface area contributed by atoms with Crippen LogP contribution in [0.4, 0.5) is 0 Å². The minimum Gasteiger partial charge on any atom is -0.387 e. The van der Waals surface area contributed by atoms with Crippen molar-refractivity contribution in [3.63, 3.8) is 0 Å². The largest absolute Gasteiger partial charge is 0.387 e. The summed E-state index contributed by atoms with van der Waals surface area (Å²) < 4.78 is 1.87. The van der Waals surface area contributed by atoms with Crippen molar-refractivity contribution in [3.8, 4) is 0 Å². The fraction of sp³-hybridized carbons (Fsp3) is 0.667. The number of aromatic nitrogens is 2. The highest BCUT2D eigenvalue weighted by Crippen LogP contribution is 2.08. The van der Waals surface area contributed by atoms with Gasteiger partial charge in [0.05, 0.1) is 11.8 Å². The Kier molecular flexibility index (Phi) is 2.87. The highest BCUT2D eigenvalue weighted by Gasteiger charge is 2.04. The average Bonchev–Trinajstić information content (AvgIpc) is 2.34. The van der Waals surface area contributed by atoms with Crippen LogP contribution in [0.1, 0.15) is 32.6 Å². The lowest BCUT2D eigenvalue weighted by atomic mass is 10.2. The Morgan fingerprint density at radius 2 is 2.17 bits per heavy atom. The molecule has 0 aromatic carbocycles. The maximum absolute atomic E-state index is 9.20. The first-order valence-electron chi connectivity index (χ1n) is 4.31. The topological polar surface area (TPSA) is 38.0 Å². The van der Waals surface area contributed by atoms with Gasteiger partial charge in [-0.25, -0.2) is 0 Å². The molecule has 0 aliphatic rings. The number of nitrogens with zero attached hydrogens (tertiary/aromatic N) is 2. The second-order valence-corrected chi connectivity index (χ2v) is 3.53. The Labute approximate surface area is 73.0 Å². The van der Waals surface area contributed by atoms with Gasteiger partial charge in [-0.05, 0) is 18.9 Å². The predicted octanol–water partition coefficient (Wildman–Crippen LogP) is 1.59. The number of hydrogen-bond donors (Lipinski definition) is 1. The van der Waals surface area contributed by atoms with Crippen molar-refractivity contribution in [2.24, 2.45) is 5.92 Å². The van der Waals surface area contributed by atoms with Crippen molar-refractivity contribution in [2.75, 3.05) is 0 Å². The van der Waals surface area contributed by atoms with Gasteiger partial charge < -0.3 is 5.11 Å². The van der Waals surface area contributed by atoms with Crippen LogP contribution in [0.2, 0.25) is 0 Å². The van der Waals surface area contributed by atoms with Gasteiger partial charge in [-0.1, -0.05) is 13.8 Å². The van der Waals surface area contributed by atoms with Crippen molar-refractivity contribution in [2.45, 2.75) is 33.4 Å². The van der Waals surface area contributed by atoms with Crippen LogP contribution in [0.5, 0.6) is 0 Å². The molecular formula is C9H16N2O. The van der Waals surface area contributed by atoms with Crippen molar-refractivity contribution < 1.29 is 5.11 Å². The van der Waals surface area contributed by atoms with Gasteiger partial charge >= 0.3 is 0 Å². The minimum absolute atomic E-state index is 0.460. The van der Waals surface area contributed by atoms with Crippen LogP contribution in [0.3, 0.4) is 0 Å². The SMILES string of the molecule is CC(C)Cn1ccc([C@@H](C)O)n1. The van der Waals surface area contributed by atoms with Crippen LogP contribution in [0.15, 0.2) is 12.3 Å². The highest BCUT2D eigenvalue weighted by atomic mass is 16.3. The Bertz CT molecular complexity index is 240. The molecule has 1 N–H and O–H groups in total. The van der Waals surface area contributed by atoms with Crippen LogP contribution < -0.4 is 0 Å². The molecule has 0 bridgehead atoms. The van der Waals surface area contributed by atoms with E-state index in [4.69, 9.17) is 0 Å². The van der Waals surface area contributed by atoms with E-state index in [0.29, 0.717) is 5.92 Å². The van der Waals surface area contributed by atoms with E-state index in [-0.39, 0.29) is 0 Å². The lowest BCUT2D eigenvalue weighted by Gasteiger charge is -2.04. The fourth-order valence-corrected chi connectivity index (χ4v) is 1.08. The minimum atomic E-state index is -0.460. The van der Waals surface area contributed by atoms with Gasteiger partial charge in [0.1, 0.15) is 0 Å². The molecule has 0 aliphatic carbocycles. The van der Waals surface area contributed by atoms with E-state index >= 15 is 0 Å². The third-order valence-electron chi connectivity index (χ3n) is 1.64.